The number of rotatable bonds is 7. The van der Waals surface area contributed by atoms with Crippen molar-refractivity contribution in [1.82, 2.24) is 5.32 Å². The summed E-state index contributed by atoms with van der Waals surface area (Å²) in [6.07, 6.45) is 5.33. The summed E-state index contributed by atoms with van der Waals surface area (Å²) in [5, 5.41) is 16.1. The van der Waals surface area contributed by atoms with E-state index < -0.39 is 23.5 Å². The fourth-order valence-electron chi connectivity index (χ4n) is 6.11. The van der Waals surface area contributed by atoms with Crippen LogP contribution in [0.2, 0.25) is 0 Å². The van der Waals surface area contributed by atoms with E-state index in [1.165, 1.54) is 0 Å². The van der Waals surface area contributed by atoms with Gasteiger partial charge in [0.15, 0.2) is 6.61 Å². The molecule has 0 heterocycles. The first-order valence-electron chi connectivity index (χ1n) is 10.8. The largest absolute Gasteiger partial charge is 0.455 e. The van der Waals surface area contributed by atoms with Crippen molar-refractivity contribution in [2.75, 3.05) is 18.5 Å². The Bertz CT molecular complexity index is 838. The summed E-state index contributed by atoms with van der Waals surface area (Å²) in [5.74, 6) is -0.490. The quantitative estimate of drug-likeness (QED) is 0.593. The third-order valence-electron chi connectivity index (χ3n) is 6.92. The number of para-hydroxylation sites is 1. The predicted molar refractivity (Wildman–Crippen MR) is 110 cm³/mol. The molecule has 4 bridgehead atoms. The molecule has 7 nitrogen and oxygen atoms in total. The van der Waals surface area contributed by atoms with Gasteiger partial charge in [0.2, 0.25) is 5.91 Å². The van der Waals surface area contributed by atoms with E-state index in [0.717, 1.165) is 49.8 Å². The molecule has 0 aliphatic heterocycles. The molecule has 162 valence electrons. The molecule has 4 fully saturated rings. The number of esters is 1. The molecule has 30 heavy (non-hydrogen) atoms. The van der Waals surface area contributed by atoms with Gasteiger partial charge in [-0.3, -0.25) is 14.4 Å². The Balaban J connectivity index is 1.24. The van der Waals surface area contributed by atoms with Gasteiger partial charge >= 0.3 is 5.97 Å². The van der Waals surface area contributed by atoms with E-state index in [1.807, 2.05) is 31.2 Å². The van der Waals surface area contributed by atoms with Gasteiger partial charge in [-0.2, -0.15) is 0 Å². The van der Waals surface area contributed by atoms with Gasteiger partial charge in [0, 0.05) is 5.69 Å². The number of nitrogens with one attached hydrogen (secondary N) is 2. The Hall–Kier alpha value is -2.41. The number of hydrogen-bond acceptors (Lipinski definition) is 5. The number of benzene rings is 1. The highest BCUT2D eigenvalue weighted by molar-refractivity contribution is 5.95. The number of aryl methyl sites for hydroxylation is 1. The summed E-state index contributed by atoms with van der Waals surface area (Å²) in [5.41, 5.74) is 0.340. The molecule has 2 amide bonds. The molecular formula is C23H30N2O5. The van der Waals surface area contributed by atoms with Crippen molar-refractivity contribution < 1.29 is 24.2 Å². The Morgan fingerprint density at radius 1 is 1.10 bits per heavy atom. The van der Waals surface area contributed by atoms with Crippen LogP contribution in [0.3, 0.4) is 0 Å². The molecule has 0 aromatic heterocycles. The first-order chi connectivity index (χ1) is 14.3. The minimum absolute atomic E-state index is 0.191. The van der Waals surface area contributed by atoms with Crippen LogP contribution < -0.4 is 10.6 Å². The second kappa shape index (κ2) is 8.02. The highest BCUT2D eigenvalue weighted by Crippen LogP contribution is 2.61. The highest BCUT2D eigenvalue weighted by Gasteiger charge is 2.60. The lowest BCUT2D eigenvalue weighted by atomic mass is 9.48. The topological polar surface area (TPSA) is 105 Å². The molecule has 2 atom stereocenters. The van der Waals surface area contributed by atoms with E-state index in [4.69, 9.17) is 4.74 Å². The van der Waals surface area contributed by atoms with Crippen molar-refractivity contribution in [3.8, 4) is 0 Å². The van der Waals surface area contributed by atoms with Crippen LogP contribution in [-0.2, 0) is 25.5 Å². The van der Waals surface area contributed by atoms with Crippen LogP contribution in [0, 0.1) is 17.3 Å². The molecule has 0 radical (unpaired) electrons. The molecule has 4 aliphatic rings. The Kier molecular flexibility index (Phi) is 5.57. The van der Waals surface area contributed by atoms with Crippen molar-refractivity contribution in [3.05, 3.63) is 29.8 Å². The van der Waals surface area contributed by atoms with Gasteiger partial charge in [-0.15, -0.1) is 0 Å². The number of carbonyl (C=O) groups is 3. The van der Waals surface area contributed by atoms with Crippen molar-refractivity contribution in [2.45, 2.75) is 57.5 Å². The fourth-order valence-corrected chi connectivity index (χ4v) is 6.11. The lowest BCUT2D eigenvalue weighted by Crippen LogP contribution is -2.58. The van der Waals surface area contributed by atoms with Crippen LogP contribution >= 0.6 is 0 Å². The minimum atomic E-state index is -0.752. The summed E-state index contributed by atoms with van der Waals surface area (Å²) >= 11 is 0. The number of ether oxygens (including phenoxy) is 1. The van der Waals surface area contributed by atoms with Gasteiger partial charge in [0.05, 0.1) is 17.6 Å². The van der Waals surface area contributed by atoms with E-state index in [1.54, 1.807) is 0 Å². The van der Waals surface area contributed by atoms with Crippen LogP contribution in [0.25, 0.3) is 0 Å². The number of carbonyl (C=O) groups excluding carboxylic acids is 3. The second-order valence-electron chi connectivity index (χ2n) is 9.38. The zero-order valence-corrected chi connectivity index (χ0v) is 17.4. The van der Waals surface area contributed by atoms with Gasteiger partial charge in [0.1, 0.15) is 0 Å². The zero-order valence-electron chi connectivity index (χ0n) is 17.4. The standard InChI is InChI=1S/C23H30N2O5/c1-2-17-5-3-4-6-18(17)25-19(26)12-24-20(27)13-30-21(28)22-8-15-7-16(9-22)11-23(29,10-15)14-22/h3-6,15-16,29H,2,7-14H2,1H3,(H,24,27)(H,25,26). The Morgan fingerprint density at radius 3 is 2.47 bits per heavy atom. The molecule has 7 heteroatoms. The van der Waals surface area contributed by atoms with Crippen molar-refractivity contribution >= 4 is 23.5 Å². The summed E-state index contributed by atoms with van der Waals surface area (Å²) in [6, 6.07) is 7.51. The molecule has 0 saturated heterocycles. The highest BCUT2D eigenvalue weighted by atomic mass is 16.5. The first kappa shape index (κ1) is 20.8. The lowest BCUT2D eigenvalue weighted by Gasteiger charge is -2.58. The van der Waals surface area contributed by atoms with Gasteiger partial charge < -0.3 is 20.5 Å². The number of aliphatic hydroxyl groups is 1. The average Bonchev–Trinajstić information content (AvgIpc) is 2.69. The molecule has 5 rings (SSSR count). The molecule has 1 aromatic rings. The smallest absolute Gasteiger partial charge is 0.312 e. The lowest BCUT2D eigenvalue weighted by molar-refractivity contribution is -0.196. The summed E-state index contributed by atoms with van der Waals surface area (Å²) < 4.78 is 5.33. The third-order valence-corrected chi connectivity index (χ3v) is 6.92. The summed E-state index contributed by atoms with van der Waals surface area (Å²) in [6.45, 7) is 1.40. The minimum Gasteiger partial charge on any atom is -0.455 e. The van der Waals surface area contributed by atoms with Gasteiger partial charge in [0.25, 0.3) is 5.91 Å². The van der Waals surface area contributed by atoms with Crippen LogP contribution in [0.15, 0.2) is 24.3 Å². The number of amides is 2. The van der Waals surface area contributed by atoms with E-state index >= 15 is 0 Å². The molecule has 4 saturated carbocycles. The number of anilines is 1. The summed E-state index contributed by atoms with van der Waals surface area (Å²) in [4.78, 5) is 37.0. The third kappa shape index (κ3) is 4.21. The van der Waals surface area contributed by atoms with Gasteiger partial charge in [-0.1, -0.05) is 25.1 Å². The number of hydrogen-bond donors (Lipinski definition) is 3. The predicted octanol–water partition coefficient (Wildman–Crippen LogP) is 2.18. The maximum Gasteiger partial charge on any atom is 0.312 e. The normalized spacial score (nSPS) is 31.3. The van der Waals surface area contributed by atoms with Crippen LogP contribution in [0.5, 0.6) is 0 Å². The van der Waals surface area contributed by atoms with E-state index in [-0.39, 0.29) is 18.4 Å². The SMILES string of the molecule is CCc1ccccc1NC(=O)CNC(=O)COC(=O)C12CC3CC(CC(O)(C3)C1)C2. The maximum absolute atomic E-state index is 12.8. The maximum atomic E-state index is 12.8. The first-order valence-corrected chi connectivity index (χ1v) is 10.8. The zero-order chi connectivity index (χ0) is 21.4. The fraction of sp³-hybridized carbons (Fsp3) is 0.609. The molecule has 2 unspecified atom stereocenters. The van der Waals surface area contributed by atoms with Gasteiger partial charge in [-0.05, 0) is 68.4 Å². The van der Waals surface area contributed by atoms with E-state index in [0.29, 0.717) is 18.3 Å². The van der Waals surface area contributed by atoms with Gasteiger partial charge in [-0.25, -0.2) is 0 Å². The van der Waals surface area contributed by atoms with Crippen LogP contribution in [0.4, 0.5) is 5.69 Å². The Morgan fingerprint density at radius 2 is 1.80 bits per heavy atom. The molecular weight excluding hydrogens is 384 g/mol. The van der Waals surface area contributed by atoms with Crippen molar-refractivity contribution in [1.29, 1.82) is 0 Å². The second-order valence-corrected chi connectivity index (χ2v) is 9.38. The molecule has 3 N–H and O–H groups in total. The van der Waals surface area contributed by atoms with Crippen molar-refractivity contribution in [2.24, 2.45) is 17.3 Å². The van der Waals surface area contributed by atoms with Crippen LogP contribution in [-0.4, -0.2) is 41.6 Å². The molecule has 1 aromatic carbocycles. The summed E-state index contributed by atoms with van der Waals surface area (Å²) in [7, 11) is 0. The monoisotopic (exact) mass is 414 g/mol. The average molecular weight is 415 g/mol. The van der Waals surface area contributed by atoms with E-state index in [9.17, 15) is 19.5 Å². The molecule has 4 aliphatic carbocycles. The Labute approximate surface area is 176 Å². The van der Waals surface area contributed by atoms with Crippen molar-refractivity contribution in [3.63, 3.8) is 0 Å². The molecule has 0 spiro atoms. The van der Waals surface area contributed by atoms with E-state index in [2.05, 4.69) is 10.6 Å². The van der Waals surface area contributed by atoms with Crippen LogP contribution in [0.1, 0.15) is 51.0 Å².